The molecule has 2 N–H and O–H groups in total. The largest absolute Gasteiger partial charge is 0.379 e. The third-order valence-corrected chi connectivity index (χ3v) is 3.85. The van der Waals surface area contributed by atoms with Crippen LogP contribution in [0.15, 0.2) is 4.99 Å². The van der Waals surface area contributed by atoms with Crippen molar-refractivity contribution in [1.82, 2.24) is 15.5 Å². The number of ether oxygens (including phenoxy) is 2. The van der Waals surface area contributed by atoms with Crippen LogP contribution in [0.2, 0.25) is 0 Å². The minimum Gasteiger partial charge on any atom is -0.379 e. The van der Waals surface area contributed by atoms with Gasteiger partial charge in [0.1, 0.15) is 0 Å². The van der Waals surface area contributed by atoms with Gasteiger partial charge >= 0.3 is 0 Å². The summed E-state index contributed by atoms with van der Waals surface area (Å²) in [7, 11) is 0. The smallest absolute Gasteiger partial charge is 0.191 e. The van der Waals surface area contributed by atoms with Gasteiger partial charge in [0.25, 0.3) is 0 Å². The summed E-state index contributed by atoms with van der Waals surface area (Å²) in [6, 6.07) is 1.08. The molecule has 7 heteroatoms. The number of halogens is 1. The van der Waals surface area contributed by atoms with E-state index >= 15 is 0 Å². The maximum Gasteiger partial charge on any atom is 0.191 e. The summed E-state index contributed by atoms with van der Waals surface area (Å²) in [6.45, 7) is 19.4. The Morgan fingerprint density at radius 1 is 0.923 bits per heavy atom. The van der Waals surface area contributed by atoms with Crippen molar-refractivity contribution in [2.45, 2.75) is 66.5 Å². The van der Waals surface area contributed by atoms with Crippen LogP contribution in [0.25, 0.3) is 0 Å². The van der Waals surface area contributed by atoms with E-state index in [0.29, 0.717) is 31.9 Å². The Morgan fingerprint density at radius 3 is 2.08 bits per heavy atom. The number of unbranched alkanes of at least 4 members (excludes halogenated alkanes) is 1. The predicted octanol–water partition coefficient (Wildman–Crippen LogP) is 3.11. The van der Waals surface area contributed by atoms with Crippen molar-refractivity contribution >= 4 is 29.9 Å². The number of hydrogen-bond acceptors (Lipinski definition) is 4. The van der Waals surface area contributed by atoms with Crippen LogP contribution in [-0.2, 0) is 9.47 Å². The maximum absolute atomic E-state index is 5.57. The van der Waals surface area contributed by atoms with Crippen LogP contribution >= 0.6 is 24.0 Å². The summed E-state index contributed by atoms with van der Waals surface area (Å²) in [6.07, 6.45) is 2.29. The zero-order chi connectivity index (χ0) is 18.9. The van der Waals surface area contributed by atoms with Crippen molar-refractivity contribution in [2.24, 2.45) is 4.99 Å². The first-order valence-electron chi connectivity index (χ1n) is 9.96. The monoisotopic (exact) mass is 486 g/mol. The second-order valence-corrected chi connectivity index (χ2v) is 6.69. The minimum atomic E-state index is 0. The molecule has 0 saturated carbocycles. The average molecular weight is 486 g/mol. The molecule has 0 amide bonds. The van der Waals surface area contributed by atoms with Crippen LogP contribution in [0.3, 0.4) is 0 Å². The van der Waals surface area contributed by atoms with Crippen LogP contribution in [0.4, 0.5) is 0 Å². The summed E-state index contributed by atoms with van der Waals surface area (Å²) in [5.74, 6) is 0.859. The number of aliphatic imine (C=N–C) groups is 1. The van der Waals surface area contributed by atoms with E-state index in [1.807, 2.05) is 0 Å². The van der Waals surface area contributed by atoms with Gasteiger partial charge in [-0.3, -0.25) is 9.89 Å². The first kappa shape index (κ1) is 28.1. The predicted molar refractivity (Wildman–Crippen MR) is 123 cm³/mol. The maximum atomic E-state index is 5.57. The third-order valence-electron chi connectivity index (χ3n) is 3.85. The highest BCUT2D eigenvalue weighted by Crippen LogP contribution is 2.03. The van der Waals surface area contributed by atoms with E-state index in [2.05, 4.69) is 62.1 Å². The third kappa shape index (κ3) is 16.1. The molecule has 0 heterocycles. The molecule has 0 aromatic rings. The van der Waals surface area contributed by atoms with Crippen molar-refractivity contribution in [1.29, 1.82) is 0 Å². The Morgan fingerprint density at radius 2 is 1.54 bits per heavy atom. The molecule has 26 heavy (non-hydrogen) atoms. The van der Waals surface area contributed by atoms with Gasteiger partial charge in [0.2, 0.25) is 0 Å². The second-order valence-electron chi connectivity index (χ2n) is 6.69. The lowest BCUT2D eigenvalue weighted by Gasteiger charge is -2.29. The molecule has 0 aliphatic rings. The van der Waals surface area contributed by atoms with Gasteiger partial charge in [0.15, 0.2) is 5.96 Å². The first-order valence-corrected chi connectivity index (χ1v) is 9.96. The van der Waals surface area contributed by atoms with E-state index in [9.17, 15) is 0 Å². The van der Waals surface area contributed by atoms with E-state index in [1.165, 1.54) is 6.42 Å². The number of nitrogens with one attached hydrogen (secondary N) is 2. The lowest BCUT2D eigenvalue weighted by Crippen LogP contribution is -2.41. The Balaban J connectivity index is 0. The van der Waals surface area contributed by atoms with E-state index in [4.69, 9.17) is 9.47 Å². The Kier molecular flexibility index (Phi) is 21.2. The molecule has 0 atom stereocenters. The van der Waals surface area contributed by atoms with E-state index in [0.717, 1.165) is 45.2 Å². The number of hydrogen-bond donors (Lipinski definition) is 2. The van der Waals surface area contributed by atoms with E-state index in [-0.39, 0.29) is 24.0 Å². The highest BCUT2D eigenvalue weighted by atomic mass is 127. The number of rotatable bonds is 15. The molecule has 0 saturated heterocycles. The quantitative estimate of drug-likeness (QED) is 0.161. The van der Waals surface area contributed by atoms with Gasteiger partial charge in [-0.2, -0.15) is 0 Å². The fourth-order valence-corrected chi connectivity index (χ4v) is 2.54. The van der Waals surface area contributed by atoms with Crippen LogP contribution in [0.5, 0.6) is 0 Å². The SMILES string of the molecule is CCCCOCCOCCNC(=NCCN(C(C)C)C(C)C)NCC.I. The molecule has 0 bridgehead atoms. The van der Waals surface area contributed by atoms with Gasteiger partial charge in [-0.25, -0.2) is 0 Å². The van der Waals surface area contributed by atoms with Gasteiger partial charge in [0, 0.05) is 38.3 Å². The van der Waals surface area contributed by atoms with E-state index in [1.54, 1.807) is 0 Å². The molecule has 0 rings (SSSR count). The lowest BCUT2D eigenvalue weighted by atomic mass is 10.2. The van der Waals surface area contributed by atoms with Crippen molar-refractivity contribution in [3.8, 4) is 0 Å². The summed E-state index contributed by atoms with van der Waals surface area (Å²) < 4.78 is 11.0. The standard InChI is InChI=1S/C19H42N4O2.HI/c1-7-9-13-24-15-16-25-14-11-22-19(20-8-2)21-10-12-23(17(3)4)18(5)6;/h17-18H,7-16H2,1-6H3,(H2,20,21,22);1H. The molecule has 0 aliphatic heterocycles. The lowest BCUT2D eigenvalue weighted by molar-refractivity contribution is 0.0487. The number of nitrogens with zero attached hydrogens (tertiary/aromatic N) is 2. The van der Waals surface area contributed by atoms with Crippen molar-refractivity contribution < 1.29 is 9.47 Å². The highest BCUT2D eigenvalue weighted by molar-refractivity contribution is 14.0. The molecule has 0 aromatic carbocycles. The highest BCUT2D eigenvalue weighted by Gasteiger charge is 2.12. The molecule has 0 aromatic heterocycles. The van der Waals surface area contributed by atoms with Gasteiger partial charge < -0.3 is 20.1 Å². The van der Waals surface area contributed by atoms with Crippen LogP contribution in [0.1, 0.15) is 54.4 Å². The molecule has 0 unspecified atom stereocenters. The van der Waals surface area contributed by atoms with Crippen molar-refractivity contribution in [3.63, 3.8) is 0 Å². The molecule has 0 radical (unpaired) electrons. The molecule has 0 fully saturated rings. The Hall–Kier alpha value is -0.120. The zero-order valence-corrected chi connectivity index (χ0v) is 20.2. The molecule has 158 valence electrons. The van der Waals surface area contributed by atoms with E-state index < -0.39 is 0 Å². The fourth-order valence-electron chi connectivity index (χ4n) is 2.54. The van der Waals surface area contributed by atoms with Gasteiger partial charge in [-0.15, -0.1) is 24.0 Å². The second kappa shape index (κ2) is 19.6. The summed E-state index contributed by atoms with van der Waals surface area (Å²) in [5, 5.41) is 6.60. The summed E-state index contributed by atoms with van der Waals surface area (Å²) in [5.41, 5.74) is 0. The first-order chi connectivity index (χ1) is 12.0. The Labute approximate surface area is 178 Å². The molecule has 0 spiro atoms. The van der Waals surface area contributed by atoms with Gasteiger partial charge in [0.05, 0.1) is 26.4 Å². The molecular weight excluding hydrogens is 443 g/mol. The fraction of sp³-hybridized carbons (Fsp3) is 0.947. The van der Waals surface area contributed by atoms with Gasteiger partial charge in [-0.1, -0.05) is 13.3 Å². The summed E-state index contributed by atoms with van der Waals surface area (Å²) in [4.78, 5) is 7.11. The Bertz CT molecular complexity index is 321. The normalized spacial score (nSPS) is 12.0. The van der Waals surface area contributed by atoms with Crippen molar-refractivity contribution in [2.75, 3.05) is 52.6 Å². The zero-order valence-electron chi connectivity index (χ0n) is 17.8. The van der Waals surface area contributed by atoms with Crippen LogP contribution < -0.4 is 10.6 Å². The van der Waals surface area contributed by atoms with Gasteiger partial charge in [-0.05, 0) is 41.0 Å². The van der Waals surface area contributed by atoms with Crippen LogP contribution in [0, 0.1) is 0 Å². The molecular formula is C19H43IN4O2. The number of guanidine groups is 1. The minimum absolute atomic E-state index is 0. The van der Waals surface area contributed by atoms with Crippen LogP contribution in [-0.4, -0.2) is 75.5 Å². The molecule has 0 aliphatic carbocycles. The summed E-state index contributed by atoms with van der Waals surface area (Å²) >= 11 is 0. The van der Waals surface area contributed by atoms with Crippen molar-refractivity contribution in [3.05, 3.63) is 0 Å². The topological polar surface area (TPSA) is 58.1 Å². The average Bonchev–Trinajstić information content (AvgIpc) is 2.56. The molecule has 6 nitrogen and oxygen atoms in total.